The number of rotatable bonds is 3. The minimum atomic E-state index is -0.875. The van der Waals surface area contributed by atoms with Crippen LogP contribution in [-0.4, -0.2) is 5.91 Å². The molecule has 1 amide bonds. The number of amides is 1. The standard InChI is InChI=1S/C22H13F2NO3/c23-16-8-9-19(18(24)12-16)25-21(26)15-6-3-5-13(10-15)17-11-14-4-1-2-7-20(14)28-22(17)27/h1-12H,(H,25,26). The van der Waals surface area contributed by atoms with E-state index in [0.717, 1.165) is 17.5 Å². The fourth-order valence-electron chi connectivity index (χ4n) is 2.88. The minimum absolute atomic E-state index is 0.137. The molecule has 0 spiro atoms. The molecule has 0 aliphatic heterocycles. The fourth-order valence-corrected chi connectivity index (χ4v) is 2.88. The predicted octanol–water partition coefficient (Wildman–Crippen LogP) is 4.99. The second-order valence-electron chi connectivity index (χ2n) is 6.14. The third-order valence-corrected chi connectivity index (χ3v) is 4.26. The molecule has 0 bridgehead atoms. The van der Waals surface area contributed by atoms with E-state index in [4.69, 9.17) is 4.42 Å². The van der Waals surface area contributed by atoms with Gasteiger partial charge in [0.1, 0.15) is 17.2 Å². The number of carbonyl (C=O) groups excluding carboxylic acids is 1. The van der Waals surface area contributed by atoms with Crippen molar-refractivity contribution in [3.8, 4) is 11.1 Å². The maximum Gasteiger partial charge on any atom is 0.344 e. The molecule has 0 saturated heterocycles. The van der Waals surface area contributed by atoms with Crippen molar-refractivity contribution in [2.45, 2.75) is 0 Å². The number of carbonyl (C=O) groups is 1. The van der Waals surface area contributed by atoms with E-state index in [0.29, 0.717) is 22.8 Å². The Kier molecular flexibility index (Phi) is 4.45. The molecular weight excluding hydrogens is 364 g/mol. The monoisotopic (exact) mass is 377 g/mol. The second-order valence-corrected chi connectivity index (χ2v) is 6.14. The summed E-state index contributed by atoms with van der Waals surface area (Å²) < 4.78 is 32.1. The topological polar surface area (TPSA) is 59.3 Å². The number of benzene rings is 3. The van der Waals surface area contributed by atoms with Crippen molar-refractivity contribution in [3.05, 3.63) is 100 Å². The van der Waals surface area contributed by atoms with Crippen LogP contribution in [0.1, 0.15) is 10.4 Å². The molecule has 28 heavy (non-hydrogen) atoms. The lowest BCUT2D eigenvalue weighted by Crippen LogP contribution is -2.13. The zero-order valence-electron chi connectivity index (χ0n) is 14.4. The zero-order chi connectivity index (χ0) is 19.7. The maximum absolute atomic E-state index is 13.8. The number of hydrogen-bond acceptors (Lipinski definition) is 3. The molecule has 4 aromatic rings. The van der Waals surface area contributed by atoms with E-state index in [1.165, 1.54) is 12.1 Å². The summed E-state index contributed by atoms with van der Waals surface area (Å²) in [5.74, 6) is -2.20. The van der Waals surface area contributed by atoms with Gasteiger partial charge in [-0.1, -0.05) is 30.3 Å². The van der Waals surface area contributed by atoms with E-state index in [-0.39, 0.29) is 11.3 Å². The Morgan fingerprint density at radius 1 is 0.893 bits per heavy atom. The van der Waals surface area contributed by atoms with Crippen LogP contribution in [0.15, 0.2) is 82.0 Å². The van der Waals surface area contributed by atoms with Crippen LogP contribution >= 0.6 is 0 Å². The lowest BCUT2D eigenvalue weighted by atomic mass is 10.0. The summed E-state index contributed by atoms with van der Waals surface area (Å²) >= 11 is 0. The zero-order valence-corrected chi connectivity index (χ0v) is 14.4. The van der Waals surface area contributed by atoms with Gasteiger partial charge in [0.25, 0.3) is 5.91 Å². The van der Waals surface area contributed by atoms with Gasteiger partial charge in [-0.3, -0.25) is 4.79 Å². The van der Waals surface area contributed by atoms with Crippen LogP contribution in [0.2, 0.25) is 0 Å². The number of halogens is 2. The van der Waals surface area contributed by atoms with Gasteiger partial charge < -0.3 is 9.73 Å². The molecule has 4 nitrogen and oxygen atoms in total. The molecular formula is C22H13F2NO3. The Labute approximate surface area is 158 Å². The molecule has 1 heterocycles. The van der Waals surface area contributed by atoms with Crippen LogP contribution in [-0.2, 0) is 0 Å². The van der Waals surface area contributed by atoms with Gasteiger partial charge in [-0.15, -0.1) is 0 Å². The molecule has 1 aromatic heterocycles. The van der Waals surface area contributed by atoms with Crippen LogP contribution in [0.3, 0.4) is 0 Å². The largest absolute Gasteiger partial charge is 0.422 e. The highest BCUT2D eigenvalue weighted by atomic mass is 19.1. The third-order valence-electron chi connectivity index (χ3n) is 4.26. The summed E-state index contributed by atoms with van der Waals surface area (Å²) in [4.78, 5) is 24.8. The molecule has 0 fully saturated rings. The van der Waals surface area contributed by atoms with E-state index in [9.17, 15) is 18.4 Å². The smallest absolute Gasteiger partial charge is 0.344 e. The van der Waals surface area contributed by atoms with Crippen molar-refractivity contribution in [2.24, 2.45) is 0 Å². The Morgan fingerprint density at radius 3 is 2.54 bits per heavy atom. The van der Waals surface area contributed by atoms with E-state index in [2.05, 4.69) is 5.32 Å². The van der Waals surface area contributed by atoms with Gasteiger partial charge in [0.15, 0.2) is 0 Å². The van der Waals surface area contributed by atoms with Gasteiger partial charge in [0.05, 0.1) is 11.3 Å². The van der Waals surface area contributed by atoms with Crippen LogP contribution in [0.5, 0.6) is 0 Å². The molecule has 4 rings (SSSR count). The minimum Gasteiger partial charge on any atom is -0.422 e. The highest BCUT2D eigenvalue weighted by Crippen LogP contribution is 2.23. The normalized spacial score (nSPS) is 10.8. The Morgan fingerprint density at radius 2 is 1.71 bits per heavy atom. The van der Waals surface area contributed by atoms with Crippen molar-refractivity contribution in [1.29, 1.82) is 0 Å². The highest BCUT2D eigenvalue weighted by molar-refractivity contribution is 6.05. The molecule has 0 radical (unpaired) electrons. The summed E-state index contributed by atoms with van der Waals surface area (Å²) in [6.45, 7) is 0. The Hall–Kier alpha value is -3.80. The summed E-state index contributed by atoms with van der Waals surface area (Å²) in [5, 5.41) is 3.14. The third kappa shape index (κ3) is 3.40. The molecule has 1 N–H and O–H groups in total. The van der Waals surface area contributed by atoms with Gasteiger partial charge in [0, 0.05) is 17.0 Å². The van der Waals surface area contributed by atoms with Gasteiger partial charge in [0.2, 0.25) is 0 Å². The van der Waals surface area contributed by atoms with Crippen LogP contribution in [0.25, 0.3) is 22.1 Å². The number of fused-ring (bicyclic) bond motifs is 1. The van der Waals surface area contributed by atoms with E-state index in [1.54, 1.807) is 30.3 Å². The first-order valence-electron chi connectivity index (χ1n) is 8.41. The molecule has 0 aliphatic rings. The summed E-state index contributed by atoms with van der Waals surface area (Å²) in [6, 6.07) is 18.0. The molecule has 3 aromatic carbocycles. The number of nitrogens with one attached hydrogen (secondary N) is 1. The molecule has 0 aliphatic carbocycles. The molecule has 0 atom stereocenters. The van der Waals surface area contributed by atoms with Gasteiger partial charge in [-0.05, 0) is 42.0 Å². The second kappa shape index (κ2) is 7.08. The first-order valence-corrected chi connectivity index (χ1v) is 8.41. The summed E-state index contributed by atoms with van der Waals surface area (Å²) in [5.41, 5.74) is 0.821. The van der Waals surface area contributed by atoms with Crippen LogP contribution in [0, 0.1) is 11.6 Å². The molecule has 0 saturated carbocycles. The van der Waals surface area contributed by atoms with Gasteiger partial charge in [-0.25, -0.2) is 13.6 Å². The van der Waals surface area contributed by atoms with E-state index < -0.39 is 23.2 Å². The summed E-state index contributed by atoms with van der Waals surface area (Å²) in [6.07, 6.45) is 0. The van der Waals surface area contributed by atoms with Crippen LogP contribution in [0.4, 0.5) is 14.5 Å². The highest BCUT2D eigenvalue weighted by Gasteiger charge is 2.13. The molecule has 0 unspecified atom stereocenters. The Bertz CT molecular complexity index is 1260. The van der Waals surface area contributed by atoms with Crippen molar-refractivity contribution in [1.82, 2.24) is 0 Å². The number of anilines is 1. The van der Waals surface area contributed by atoms with Gasteiger partial charge >= 0.3 is 5.63 Å². The van der Waals surface area contributed by atoms with E-state index in [1.807, 2.05) is 12.1 Å². The Balaban J connectivity index is 1.69. The average Bonchev–Trinajstić information content (AvgIpc) is 2.69. The number of para-hydroxylation sites is 1. The van der Waals surface area contributed by atoms with Crippen molar-refractivity contribution in [2.75, 3.05) is 5.32 Å². The van der Waals surface area contributed by atoms with E-state index >= 15 is 0 Å². The SMILES string of the molecule is O=C(Nc1ccc(F)cc1F)c1cccc(-c2cc3ccccc3oc2=O)c1. The number of hydrogen-bond donors (Lipinski definition) is 1. The molecule has 138 valence electrons. The first-order chi connectivity index (χ1) is 13.5. The van der Waals surface area contributed by atoms with Crippen molar-refractivity contribution >= 4 is 22.6 Å². The first kappa shape index (κ1) is 17.6. The van der Waals surface area contributed by atoms with Crippen LogP contribution < -0.4 is 10.9 Å². The summed E-state index contributed by atoms with van der Waals surface area (Å²) in [7, 11) is 0. The maximum atomic E-state index is 13.8. The fraction of sp³-hybridized carbons (Fsp3) is 0. The molecule has 6 heteroatoms. The van der Waals surface area contributed by atoms with Crippen molar-refractivity contribution in [3.63, 3.8) is 0 Å². The van der Waals surface area contributed by atoms with Gasteiger partial charge in [-0.2, -0.15) is 0 Å². The quantitative estimate of drug-likeness (QED) is 0.512. The van der Waals surface area contributed by atoms with Crippen molar-refractivity contribution < 1.29 is 18.0 Å². The average molecular weight is 377 g/mol. The lowest BCUT2D eigenvalue weighted by Gasteiger charge is -2.08. The lowest BCUT2D eigenvalue weighted by molar-refractivity contribution is 0.102. The predicted molar refractivity (Wildman–Crippen MR) is 102 cm³/mol.